The normalized spacial score (nSPS) is 33.6. The van der Waals surface area contributed by atoms with Gasteiger partial charge < -0.3 is 23.8 Å². The van der Waals surface area contributed by atoms with Gasteiger partial charge in [-0.25, -0.2) is 0 Å². The summed E-state index contributed by atoms with van der Waals surface area (Å²) in [4.78, 5) is 29.3. The number of benzene rings is 1. The molecule has 3 aliphatic heterocycles. The van der Waals surface area contributed by atoms with Gasteiger partial charge in [-0.3, -0.25) is 9.59 Å². The third kappa shape index (κ3) is 3.70. The SMILES string of the molecule is COc1ccc(C2C3=C(OC4CC(C)C(C)CC4C3=O)C(=O)N2CC2CCCO2)cc1OC. The standard InChI is InChI=1S/C26H33NO6/c1-14-10-18-20(11-15(14)2)33-25-22(24(18)28)23(16-7-8-19(30-3)21(12-16)31-4)27(26(25)29)13-17-6-5-9-32-17/h7-8,12,14-15,17-18,20,23H,5-6,9-11,13H2,1-4H3. The number of hydrogen-bond acceptors (Lipinski definition) is 6. The Morgan fingerprint density at radius 1 is 1.06 bits per heavy atom. The number of carbonyl (C=O) groups is 2. The number of methoxy groups -OCH3 is 2. The molecule has 6 unspecified atom stereocenters. The second-order valence-electron chi connectivity index (χ2n) is 9.91. The lowest BCUT2D eigenvalue weighted by Gasteiger charge is -2.40. The highest BCUT2D eigenvalue weighted by atomic mass is 16.5. The zero-order valence-electron chi connectivity index (χ0n) is 19.8. The van der Waals surface area contributed by atoms with Gasteiger partial charge >= 0.3 is 0 Å². The van der Waals surface area contributed by atoms with E-state index in [-0.39, 0.29) is 35.6 Å². The predicted molar refractivity (Wildman–Crippen MR) is 121 cm³/mol. The van der Waals surface area contributed by atoms with E-state index >= 15 is 0 Å². The average Bonchev–Trinajstić information content (AvgIpc) is 3.42. The molecule has 7 heteroatoms. The van der Waals surface area contributed by atoms with E-state index < -0.39 is 6.04 Å². The summed E-state index contributed by atoms with van der Waals surface area (Å²) in [6.45, 7) is 5.54. The number of fused-ring (bicyclic) bond motifs is 1. The lowest BCUT2D eigenvalue weighted by molar-refractivity contribution is -0.138. The van der Waals surface area contributed by atoms with Gasteiger partial charge in [-0.05, 0) is 55.2 Å². The molecule has 5 rings (SSSR count). The van der Waals surface area contributed by atoms with Crippen LogP contribution in [0.15, 0.2) is 29.5 Å². The number of nitrogens with zero attached hydrogens (tertiary/aromatic N) is 1. The smallest absolute Gasteiger partial charge is 0.290 e. The van der Waals surface area contributed by atoms with E-state index in [4.69, 9.17) is 18.9 Å². The Morgan fingerprint density at radius 2 is 1.82 bits per heavy atom. The van der Waals surface area contributed by atoms with Crippen LogP contribution in [0.5, 0.6) is 11.5 Å². The van der Waals surface area contributed by atoms with Gasteiger partial charge in [0.2, 0.25) is 0 Å². The largest absolute Gasteiger partial charge is 0.493 e. The molecule has 7 nitrogen and oxygen atoms in total. The van der Waals surface area contributed by atoms with Crippen LogP contribution in [0.25, 0.3) is 0 Å². The monoisotopic (exact) mass is 455 g/mol. The first-order valence-electron chi connectivity index (χ1n) is 12.0. The van der Waals surface area contributed by atoms with Gasteiger partial charge in [0.25, 0.3) is 5.91 Å². The molecule has 0 radical (unpaired) electrons. The van der Waals surface area contributed by atoms with Gasteiger partial charge in [0.15, 0.2) is 23.0 Å². The van der Waals surface area contributed by atoms with Crippen molar-refractivity contribution in [3.05, 3.63) is 35.1 Å². The van der Waals surface area contributed by atoms with Gasteiger partial charge in [-0.15, -0.1) is 0 Å². The molecule has 2 fully saturated rings. The number of ether oxygens (including phenoxy) is 4. The van der Waals surface area contributed by atoms with E-state index in [9.17, 15) is 9.59 Å². The van der Waals surface area contributed by atoms with Crippen LogP contribution < -0.4 is 9.47 Å². The molecule has 0 bridgehead atoms. The molecule has 1 aromatic rings. The lowest BCUT2D eigenvalue weighted by Crippen LogP contribution is -2.43. The van der Waals surface area contributed by atoms with E-state index in [1.807, 2.05) is 18.2 Å². The average molecular weight is 456 g/mol. The summed E-state index contributed by atoms with van der Waals surface area (Å²) in [5.41, 5.74) is 1.31. The summed E-state index contributed by atoms with van der Waals surface area (Å²) >= 11 is 0. The maximum Gasteiger partial charge on any atom is 0.290 e. The van der Waals surface area contributed by atoms with Crippen molar-refractivity contribution in [2.45, 2.75) is 57.8 Å². The Hall–Kier alpha value is -2.54. The maximum atomic E-state index is 13.9. The molecule has 1 saturated heterocycles. The van der Waals surface area contributed by atoms with Crippen LogP contribution in [0.3, 0.4) is 0 Å². The van der Waals surface area contributed by atoms with E-state index in [1.54, 1.807) is 19.1 Å². The summed E-state index contributed by atoms with van der Waals surface area (Å²) < 4.78 is 23.1. The molecule has 1 aliphatic carbocycles. The fourth-order valence-electron chi connectivity index (χ4n) is 5.87. The van der Waals surface area contributed by atoms with Crippen molar-refractivity contribution in [2.24, 2.45) is 17.8 Å². The molecule has 0 aromatic heterocycles. The van der Waals surface area contributed by atoms with Gasteiger partial charge in [0.05, 0.1) is 37.9 Å². The van der Waals surface area contributed by atoms with Crippen LogP contribution in [0.4, 0.5) is 0 Å². The highest BCUT2D eigenvalue weighted by Gasteiger charge is 2.53. The van der Waals surface area contributed by atoms with Gasteiger partial charge in [-0.1, -0.05) is 19.9 Å². The third-order valence-electron chi connectivity index (χ3n) is 7.95. The highest BCUT2D eigenvalue weighted by molar-refractivity contribution is 6.11. The Kier molecular flexibility index (Phi) is 5.85. The summed E-state index contributed by atoms with van der Waals surface area (Å²) in [6, 6.07) is 5.07. The van der Waals surface area contributed by atoms with Crippen molar-refractivity contribution in [3.63, 3.8) is 0 Å². The predicted octanol–water partition coefficient (Wildman–Crippen LogP) is 3.67. The van der Waals surface area contributed by atoms with E-state index in [0.29, 0.717) is 42.1 Å². The van der Waals surface area contributed by atoms with Crippen LogP contribution in [-0.4, -0.2) is 56.2 Å². The van der Waals surface area contributed by atoms with E-state index in [2.05, 4.69) is 13.8 Å². The molecule has 1 aromatic carbocycles. The maximum absolute atomic E-state index is 13.9. The third-order valence-corrected chi connectivity index (χ3v) is 7.95. The second-order valence-corrected chi connectivity index (χ2v) is 9.91. The summed E-state index contributed by atoms with van der Waals surface area (Å²) in [5.74, 6) is 1.96. The topological polar surface area (TPSA) is 74.3 Å². The van der Waals surface area contributed by atoms with Crippen molar-refractivity contribution in [1.82, 2.24) is 4.90 Å². The number of ketones is 1. The molecule has 1 saturated carbocycles. The zero-order valence-corrected chi connectivity index (χ0v) is 19.8. The van der Waals surface area contributed by atoms with Crippen LogP contribution in [0.1, 0.15) is 51.1 Å². The summed E-state index contributed by atoms with van der Waals surface area (Å²) in [7, 11) is 3.17. The molecule has 6 atom stereocenters. The van der Waals surface area contributed by atoms with Crippen LogP contribution in [-0.2, 0) is 19.1 Å². The zero-order chi connectivity index (χ0) is 23.3. The molecule has 33 heavy (non-hydrogen) atoms. The van der Waals surface area contributed by atoms with Crippen LogP contribution >= 0.6 is 0 Å². The fourth-order valence-corrected chi connectivity index (χ4v) is 5.87. The van der Waals surface area contributed by atoms with Crippen molar-refractivity contribution < 1.29 is 28.5 Å². The van der Waals surface area contributed by atoms with Crippen molar-refractivity contribution in [3.8, 4) is 11.5 Å². The Labute approximate surface area is 195 Å². The number of carbonyl (C=O) groups excluding carboxylic acids is 2. The molecule has 1 amide bonds. The summed E-state index contributed by atoms with van der Waals surface area (Å²) in [6.07, 6.45) is 3.22. The lowest BCUT2D eigenvalue weighted by atomic mass is 9.70. The number of rotatable bonds is 5. The highest BCUT2D eigenvalue weighted by Crippen LogP contribution is 2.49. The first-order chi connectivity index (χ1) is 15.9. The van der Waals surface area contributed by atoms with E-state index in [1.165, 1.54) is 0 Å². The van der Waals surface area contributed by atoms with Gasteiger partial charge in [0, 0.05) is 13.2 Å². The van der Waals surface area contributed by atoms with Gasteiger partial charge in [-0.2, -0.15) is 0 Å². The molecule has 0 N–H and O–H groups in total. The van der Waals surface area contributed by atoms with Gasteiger partial charge in [0.1, 0.15) is 6.10 Å². The molecule has 178 valence electrons. The number of hydrogen-bond donors (Lipinski definition) is 0. The van der Waals surface area contributed by atoms with E-state index in [0.717, 1.165) is 31.2 Å². The molecule has 3 heterocycles. The van der Waals surface area contributed by atoms with Crippen molar-refractivity contribution >= 4 is 11.7 Å². The Morgan fingerprint density at radius 3 is 2.52 bits per heavy atom. The first kappa shape index (κ1) is 22.3. The first-order valence-corrected chi connectivity index (χ1v) is 12.0. The Balaban J connectivity index is 1.57. The number of amides is 1. The minimum absolute atomic E-state index is 0.0321. The molecular weight excluding hydrogens is 422 g/mol. The van der Waals surface area contributed by atoms with Crippen molar-refractivity contribution in [1.29, 1.82) is 0 Å². The minimum Gasteiger partial charge on any atom is -0.493 e. The number of Topliss-reactive ketones (excluding diaryl/α,β-unsaturated/α-hetero) is 1. The minimum atomic E-state index is -0.514. The van der Waals surface area contributed by atoms with Crippen molar-refractivity contribution in [2.75, 3.05) is 27.4 Å². The second kappa shape index (κ2) is 8.67. The molecule has 0 spiro atoms. The Bertz CT molecular complexity index is 981. The van der Waals surface area contributed by atoms with Crippen LogP contribution in [0.2, 0.25) is 0 Å². The molecular formula is C26H33NO6. The molecule has 4 aliphatic rings. The quantitative estimate of drug-likeness (QED) is 0.675. The fraction of sp³-hybridized carbons (Fsp3) is 0.615. The van der Waals surface area contributed by atoms with Crippen LogP contribution in [0, 0.1) is 17.8 Å². The summed E-state index contributed by atoms with van der Waals surface area (Å²) in [5, 5.41) is 0.